The maximum Gasteiger partial charge on any atom is 0.161 e. The molecule has 0 saturated heterocycles. The van der Waals surface area contributed by atoms with E-state index < -0.39 is 6.10 Å². The summed E-state index contributed by atoms with van der Waals surface area (Å²) in [5.41, 5.74) is 0.804. The predicted octanol–water partition coefficient (Wildman–Crippen LogP) is 2.44. The molecule has 0 saturated carbocycles. The monoisotopic (exact) mass is 289 g/mol. The molecule has 2 aromatic rings. The van der Waals surface area contributed by atoms with E-state index in [4.69, 9.17) is 13.9 Å². The van der Waals surface area contributed by atoms with Crippen LogP contribution in [0.4, 0.5) is 0 Å². The number of furan rings is 1. The Morgan fingerprint density at radius 3 is 2.76 bits per heavy atom. The predicted molar refractivity (Wildman–Crippen MR) is 77.5 cm³/mol. The van der Waals surface area contributed by atoms with Gasteiger partial charge in [-0.3, -0.25) is 0 Å². The number of aliphatic hydroxyl groups is 1. The molecular weight excluding hydrogens is 270 g/mol. The van der Waals surface area contributed by atoms with Gasteiger partial charge in [0.2, 0.25) is 0 Å². The molecule has 1 aromatic heterocycles. The van der Waals surface area contributed by atoms with Crippen molar-refractivity contribution >= 4 is 0 Å². The van der Waals surface area contributed by atoms with E-state index in [1.54, 1.807) is 6.26 Å². The summed E-state index contributed by atoms with van der Waals surface area (Å²) in [7, 11) is 0. The third-order valence-corrected chi connectivity index (χ3v) is 3.54. The summed E-state index contributed by atoms with van der Waals surface area (Å²) in [5.74, 6) is 2.27. The van der Waals surface area contributed by atoms with E-state index >= 15 is 0 Å². The average molecular weight is 289 g/mol. The number of benzene rings is 1. The number of nitrogens with one attached hydrogen (secondary N) is 1. The number of hydrogen-bond donors (Lipinski definition) is 2. The van der Waals surface area contributed by atoms with Crippen LogP contribution in [-0.4, -0.2) is 24.9 Å². The molecule has 3 rings (SSSR count). The molecule has 2 atom stereocenters. The Morgan fingerprint density at radius 1 is 1.19 bits per heavy atom. The summed E-state index contributed by atoms with van der Waals surface area (Å²) < 4.78 is 16.3. The molecule has 1 aromatic carbocycles. The van der Waals surface area contributed by atoms with E-state index in [0.29, 0.717) is 25.5 Å². The minimum atomic E-state index is -0.613. The zero-order valence-electron chi connectivity index (χ0n) is 11.9. The third-order valence-electron chi connectivity index (χ3n) is 3.54. The van der Waals surface area contributed by atoms with Crippen LogP contribution in [0.3, 0.4) is 0 Å². The minimum Gasteiger partial charge on any atom is -0.486 e. The molecule has 2 N–H and O–H groups in total. The summed E-state index contributed by atoms with van der Waals surface area (Å²) in [5, 5.41) is 13.5. The van der Waals surface area contributed by atoms with Crippen molar-refractivity contribution in [1.29, 1.82) is 0 Å². The van der Waals surface area contributed by atoms with Crippen LogP contribution in [0, 0.1) is 0 Å². The molecule has 1 aliphatic rings. The summed E-state index contributed by atoms with van der Waals surface area (Å²) in [6.45, 7) is 3.54. The lowest BCUT2D eigenvalue weighted by atomic mass is 10.1. The molecule has 0 amide bonds. The average Bonchev–Trinajstić information content (AvgIpc) is 3.06. The van der Waals surface area contributed by atoms with Gasteiger partial charge >= 0.3 is 0 Å². The highest BCUT2D eigenvalue weighted by Crippen LogP contribution is 2.32. The molecule has 0 bridgehead atoms. The first kappa shape index (κ1) is 14.0. The first-order valence-corrected chi connectivity index (χ1v) is 7.08. The molecule has 0 spiro atoms. The van der Waals surface area contributed by atoms with Gasteiger partial charge in [0, 0.05) is 6.54 Å². The Labute approximate surface area is 123 Å². The molecule has 21 heavy (non-hydrogen) atoms. The van der Waals surface area contributed by atoms with E-state index in [2.05, 4.69) is 5.32 Å². The Kier molecular flexibility index (Phi) is 4.13. The molecule has 0 aliphatic carbocycles. The summed E-state index contributed by atoms with van der Waals surface area (Å²) in [6.07, 6.45) is 1.03. The summed E-state index contributed by atoms with van der Waals surface area (Å²) in [4.78, 5) is 0. The topological polar surface area (TPSA) is 63.9 Å². The number of hydrogen-bond acceptors (Lipinski definition) is 5. The fourth-order valence-electron chi connectivity index (χ4n) is 2.31. The standard InChI is InChI=1S/C16H19NO4/c1-11(14-3-2-6-19-14)17-10-13(18)12-4-5-15-16(9-12)21-8-7-20-15/h2-6,9,11,13,17-18H,7-8,10H2,1H3/t11-,13?/m0/s1. The largest absolute Gasteiger partial charge is 0.486 e. The van der Waals surface area contributed by atoms with Crippen LogP contribution in [0.25, 0.3) is 0 Å². The normalized spacial score (nSPS) is 16.5. The van der Waals surface area contributed by atoms with Crippen LogP contribution in [0.5, 0.6) is 11.5 Å². The molecule has 0 radical (unpaired) electrons. The minimum absolute atomic E-state index is 0.0480. The van der Waals surface area contributed by atoms with Gasteiger partial charge in [-0.15, -0.1) is 0 Å². The number of rotatable bonds is 5. The first-order chi connectivity index (χ1) is 10.2. The quantitative estimate of drug-likeness (QED) is 0.885. The molecule has 112 valence electrons. The van der Waals surface area contributed by atoms with Crippen LogP contribution in [0.15, 0.2) is 41.0 Å². The van der Waals surface area contributed by atoms with Crippen molar-refractivity contribution in [3.8, 4) is 11.5 Å². The maximum atomic E-state index is 10.3. The Morgan fingerprint density at radius 2 is 2.00 bits per heavy atom. The molecule has 5 heteroatoms. The third kappa shape index (κ3) is 3.20. The number of ether oxygens (including phenoxy) is 2. The second-order valence-electron chi connectivity index (χ2n) is 5.06. The van der Waals surface area contributed by atoms with Gasteiger partial charge in [0.05, 0.1) is 18.4 Å². The van der Waals surface area contributed by atoms with Gasteiger partial charge in [0.1, 0.15) is 19.0 Å². The smallest absolute Gasteiger partial charge is 0.161 e. The van der Waals surface area contributed by atoms with E-state index in [1.807, 2.05) is 37.3 Å². The fraction of sp³-hybridized carbons (Fsp3) is 0.375. The van der Waals surface area contributed by atoms with Gasteiger partial charge in [-0.1, -0.05) is 6.07 Å². The second-order valence-corrected chi connectivity index (χ2v) is 5.06. The molecule has 2 heterocycles. The lowest BCUT2D eigenvalue weighted by Crippen LogP contribution is -2.24. The second kappa shape index (κ2) is 6.20. The van der Waals surface area contributed by atoms with Gasteiger partial charge in [-0.05, 0) is 36.8 Å². The maximum absolute atomic E-state index is 10.3. The van der Waals surface area contributed by atoms with Crippen molar-refractivity contribution in [1.82, 2.24) is 5.32 Å². The first-order valence-electron chi connectivity index (χ1n) is 7.08. The van der Waals surface area contributed by atoms with Gasteiger partial charge < -0.3 is 24.3 Å². The van der Waals surface area contributed by atoms with Crippen molar-refractivity contribution in [2.75, 3.05) is 19.8 Å². The Balaban J connectivity index is 1.61. The van der Waals surface area contributed by atoms with Crippen molar-refractivity contribution in [2.45, 2.75) is 19.1 Å². The van der Waals surface area contributed by atoms with Crippen LogP contribution >= 0.6 is 0 Å². The summed E-state index contributed by atoms with van der Waals surface area (Å²) in [6, 6.07) is 9.34. The van der Waals surface area contributed by atoms with Crippen molar-refractivity contribution in [3.63, 3.8) is 0 Å². The number of fused-ring (bicyclic) bond motifs is 1. The zero-order chi connectivity index (χ0) is 14.7. The van der Waals surface area contributed by atoms with E-state index in [-0.39, 0.29) is 6.04 Å². The van der Waals surface area contributed by atoms with Crippen LogP contribution in [0.2, 0.25) is 0 Å². The SMILES string of the molecule is C[C@H](NCC(O)c1ccc2c(c1)OCCO2)c1ccco1. The van der Waals surface area contributed by atoms with Gasteiger partial charge in [0.15, 0.2) is 11.5 Å². The Hall–Kier alpha value is -1.98. The van der Waals surface area contributed by atoms with Crippen LogP contribution in [0.1, 0.15) is 30.4 Å². The zero-order valence-corrected chi connectivity index (χ0v) is 11.9. The number of aliphatic hydroxyl groups excluding tert-OH is 1. The van der Waals surface area contributed by atoms with E-state index in [0.717, 1.165) is 17.1 Å². The lowest BCUT2D eigenvalue weighted by molar-refractivity contribution is 0.160. The molecule has 1 unspecified atom stereocenters. The van der Waals surface area contributed by atoms with Crippen molar-refractivity contribution in [2.24, 2.45) is 0 Å². The van der Waals surface area contributed by atoms with Crippen LogP contribution in [-0.2, 0) is 0 Å². The van der Waals surface area contributed by atoms with Crippen LogP contribution < -0.4 is 14.8 Å². The Bertz CT molecular complexity index is 582. The highest BCUT2D eigenvalue weighted by atomic mass is 16.6. The summed E-state index contributed by atoms with van der Waals surface area (Å²) >= 11 is 0. The van der Waals surface area contributed by atoms with Gasteiger partial charge in [-0.25, -0.2) is 0 Å². The van der Waals surface area contributed by atoms with E-state index in [9.17, 15) is 5.11 Å². The molecule has 5 nitrogen and oxygen atoms in total. The van der Waals surface area contributed by atoms with Crippen molar-refractivity contribution in [3.05, 3.63) is 47.9 Å². The van der Waals surface area contributed by atoms with Gasteiger partial charge in [0.25, 0.3) is 0 Å². The highest BCUT2D eigenvalue weighted by Gasteiger charge is 2.16. The fourth-order valence-corrected chi connectivity index (χ4v) is 2.31. The molecule has 0 fully saturated rings. The molecule has 1 aliphatic heterocycles. The van der Waals surface area contributed by atoms with E-state index in [1.165, 1.54) is 0 Å². The van der Waals surface area contributed by atoms with Gasteiger partial charge in [-0.2, -0.15) is 0 Å². The molecular formula is C16H19NO4. The highest BCUT2D eigenvalue weighted by molar-refractivity contribution is 5.44. The van der Waals surface area contributed by atoms with Crippen molar-refractivity contribution < 1.29 is 19.0 Å². The lowest BCUT2D eigenvalue weighted by Gasteiger charge is -2.21.